The van der Waals surface area contributed by atoms with Gasteiger partial charge < -0.3 is 14.5 Å². The van der Waals surface area contributed by atoms with Gasteiger partial charge in [0.2, 0.25) is 5.95 Å². The van der Waals surface area contributed by atoms with E-state index in [9.17, 15) is 4.39 Å². The Hall–Kier alpha value is -3.68. The van der Waals surface area contributed by atoms with E-state index >= 15 is 0 Å². The van der Waals surface area contributed by atoms with Gasteiger partial charge in [-0.3, -0.25) is 5.10 Å². The molecule has 6 rings (SSSR count). The Kier molecular flexibility index (Phi) is 4.45. The van der Waals surface area contributed by atoms with E-state index in [1.54, 1.807) is 0 Å². The molecule has 3 heterocycles. The number of hydrogen-bond donors (Lipinski definition) is 1. The first-order valence-corrected chi connectivity index (χ1v) is 10.9. The summed E-state index contributed by atoms with van der Waals surface area (Å²) in [5.41, 5.74) is 2.08. The molecule has 7 nitrogen and oxygen atoms in total. The standard InChI is InChI=1S/C24H23FN6O/c25-18-13-26-23(27-14-18)30-11-12-31(24(16-30)9-10-24)22-21-19(28-29-22)7-4-8-20(21)32-15-17-5-2-1-3-6-17/h1-8,13-14H,9-12,15-16H2,(H,28,29). The number of benzene rings is 2. The molecule has 1 saturated carbocycles. The van der Waals surface area contributed by atoms with Crippen molar-refractivity contribution in [2.24, 2.45) is 0 Å². The third-order valence-electron chi connectivity index (χ3n) is 6.39. The minimum atomic E-state index is -0.417. The van der Waals surface area contributed by atoms with E-state index in [2.05, 4.69) is 37.0 Å². The highest BCUT2D eigenvalue weighted by Crippen LogP contribution is 2.48. The molecule has 162 valence electrons. The average Bonchev–Trinajstić information content (AvgIpc) is 3.45. The first-order chi connectivity index (χ1) is 15.7. The maximum Gasteiger partial charge on any atom is 0.225 e. The van der Waals surface area contributed by atoms with Crippen LogP contribution in [0.4, 0.5) is 16.2 Å². The lowest BCUT2D eigenvalue weighted by molar-refractivity contribution is 0.310. The fourth-order valence-electron chi connectivity index (χ4n) is 4.59. The van der Waals surface area contributed by atoms with Gasteiger partial charge in [0.15, 0.2) is 11.6 Å². The topological polar surface area (TPSA) is 70.2 Å². The number of hydrogen-bond acceptors (Lipinski definition) is 6. The average molecular weight is 430 g/mol. The molecule has 0 amide bonds. The van der Waals surface area contributed by atoms with Gasteiger partial charge in [-0.2, -0.15) is 5.10 Å². The summed E-state index contributed by atoms with van der Waals surface area (Å²) >= 11 is 0. The molecule has 2 aromatic heterocycles. The third kappa shape index (κ3) is 3.32. The SMILES string of the molecule is Fc1cnc(N2CCN(c3n[nH]c4cccc(OCc5ccccc5)c34)C3(CC3)C2)nc1. The van der Waals surface area contributed by atoms with Crippen molar-refractivity contribution in [2.75, 3.05) is 29.4 Å². The number of aromatic nitrogens is 4. The Morgan fingerprint density at radius 2 is 1.81 bits per heavy atom. The summed E-state index contributed by atoms with van der Waals surface area (Å²) in [4.78, 5) is 12.9. The maximum atomic E-state index is 13.2. The van der Waals surface area contributed by atoms with Crippen LogP contribution in [0.1, 0.15) is 18.4 Å². The Balaban J connectivity index is 1.29. The molecule has 1 aliphatic heterocycles. The molecule has 1 saturated heterocycles. The van der Waals surface area contributed by atoms with Gasteiger partial charge in [0.1, 0.15) is 12.4 Å². The number of anilines is 2. The molecule has 2 aliphatic rings. The predicted molar refractivity (Wildman–Crippen MR) is 120 cm³/mol. The van der Waals surface area contributed by atoms with Crippen LogP contribution < -0.4 is 14.5 Å². The number of fused-ring (bicyclic) bond motifs is 1. The highest BCUT2D eigenvalue weighted by Gasteiger charge is 2.53. The lowest BCUT2D eigenvalue weighted by Gasteiger charge is -2.42. The number of aromatic amines is 1. The van der Waals surface area contributed by atoms with Crippen molar-refractivity contribution in [3.8, 4) is 5.75 Å². The van der Waals surface area contributed by atoms with Crippen molar-refractivity contribution in [1.82, 2.24) is 20.2 Å². The molecule has 0 radical (unpaired) electrons. The van der Waals surface area contributed by atoms with Gasteiger partial charge in [-0.1, -0.05) is 36.4 Å². The van der Waals surface area contributed by atoms with Crippen molar-refractivity contribution in [1.29, 1.82) is 0 Å². The number of nitrogens with zero attached hydrogens (tertiary/aromatic N) is 5. The predicted octanol–water partition coefficient (Wildman–Crippen LogP) is 3.93. The normalized spacial score (nSPS) is 17.2. The van der Waals surface area contributed by atoms with Gasteiger partial charge in [0.05, 0.1) is 28.8 Å². The quantitative estimate of drug-likeness (QED) is 0.517. The first-order valence-electron chi connectivity index (χ1n) is 10.9. The van der Waals surface area contributed by atoms with E-state index in [0.717, 1.165) is 60.5 Å². The summed E-state index contributed by atoms with van der Waals surface area (Å²) in [6.45, 7) is 2.83. The van der Waals surface area contributed by atoms with Crippen LogP contribution in [-0.2, 0) is 6.61 Å². The smallest absolute Gasteiger partial charge is 0.225 e. The van der Waals surface area contributed by atoms with Crippen molar-refractivity contribution in [3.63, 3.8) is 0 Å². The van der Waals surface area contributed by atoms with Gasteiger partial charge in [-0.05, 0) is 30.5 Å². The van der Waals surface area contributed by atoms with Crippen molar-refractivity contribution in [2.45, 2.75) is 25.0 Å². The van der Waals surface area contributed by atoms with Crippen LogP contribution >= 0.6 is 0 Å². The van der Waals surface area contributed by atoms with E-state index in [-0.39, 0.29) is 5.54 Å². The number of piperazine rings is 1. The fraction of sp³-hybridized carbons (Fsp3) is 0.292. The summed E-state index contributed by atoms with van der Waals surface area (Å²) in [7, 11) is 0. The molecular formula is C24H23FN6O. The molecule has 32 heavy (non-hydrogen) atoms. The molecule has 1 aliphatic carbocycles. The maximum absolute atomic E-state index is 13.2. The summed E-state index contributed by atoms with van der Waals surface area (Å²) in [5, 5.41) is 8.90. The fourth-order valence-corrected chi connectivity index (χ4v) is 4.59. The van der Waals surface area contributed by atoms with Gasteiger partial charge in [0, 0.05) is 19.6 Å². The minimum absolute atomic E-state index is 0.00927. The second-order valence-electron chi connectivity index (χ2n) is 8.50. The Morgan fingerprint density at radius 1 is 1.00 bits per heavy atom. The monoisotopic (exact) mass is 430 g/mol. The van der Waals surface area contributed by atoms with Gasteiger partial charge in [-0.25, -0.2) is 14.4 Å². The van der Waals surface area contributed by atoms with E-state index < -0.39 is 5.82 Å². The number of rotatable bonds is 5. The lowest BCUT2D eigenvalue weighted by atomic mass is 10.1. The molecule has 1 spiro atoms. The zero-order valence-corrected chi connectivity index (χ0v) is 17.5. The van der Waals surface area contributed by atoms with E-state index in [4.69, 9.17) is 9.84 Å². The van der Waals surface area contributed by atoms with Crippen molar-refractivity contribution in [3.05, 3.63) is 72.3 Å². The van der Waals surface area contributed by atoms with Crippen LogP contribution in [0.15, 0.2) is 60.9 Å². The Bertz CT molecular complexity index is 1240. The Labute approximate surface area is 184 Å². The summed E-state index contributed by atoms with van der Waals surface area (Å²) in [6, 6.07) is 16.2. The van der Waals surface area contributed by atoms with Crippen LogP contribution in [0.5, 0.6) is 5.75 Å². The molecule has 8 heteroatoms. The van der Waals surface area contributed by atoms with E-state index in [0.29, 0.717) is 12.6 Å². The van der Waals surface area contributed by atoms with Crippen LogP contribution in [0.2, 0.25) is 0 Å². The minimum Gasteiger partial charge on any atom is -0.488 e. The number of H-pyrrole nitrogens is 1. The molecule has 1 N–H and O–H groups in total. The Morgan fingerprint density at radius 3 is 2.59 bits per heavy atom. The highest BCUT2D eigenvalue weighted by atomic mass is 19.1. The zero-order chi connectivity index (χ0) is 21.5. The molecule has 0 atom stereocenters. The molecule has 4 aromatic rings. The lowest BCUT2D eigenvalue weighted by Crippen LogP contribution is -2.56. The molecular weight excluding hydrogens is 407 g/mol. The number of ether oxygens (including phenoxy) is 1. The summed E-state index contributed by atoms with van der Waals surface area (Å²) in [5.74, 6) is 1.92. The van der Waals surface area contributed by atoms with Gasteiger partial charge in [0.25, 0.3) is 0 Å². The second kappa shape index (κ2) is 7.47. The number of halogens is 1. The largest absolute Gasteiger partial charge is 0.488 e. The second-order valence-corrected chi connectivity index (χ2v) is 8.50. The zero-order valence-electron chi connectivity index (χ0n) is 17.5. The molecule has 2 fully saturated rings. The van der Waals surface area contributed by atoms with Crippen LogP contribution in [-0.4, -0.2) is 45.3 Å². The van der Waals surface area contributed by atoms with Crippen LogP contribution in [0.3, 0.4) is 0 Å². The van der Waals surface area contributed by atoms with E-state index in [1.807, 2.05) is 36.4 Å². The molecule has 2 aromatic carbocycles. The number of nitrogens with one attached hydrogen (secondary N) is 1. The summed E-state index contributed by atoms with van der Waals surface area (Å²) < 4.78 is 19.5. The van der Waals surface area contributed by atoms with E-state index in [1.165, 1.54) is 12.4 Å². The van der Waals surface area contributed by atoms with Gasteiger partial charge in [-0.15, -0.1) is 0 Å². The van der Waals surface area contributed by atoms with Crippen LogP contribution in [0.25, 0.3) is 10.9 Å². The molecule has 0 bridgehead atoms. The van der Waals surface area contributed by atoms with Crippen LogP contribution in [0, 0.1) is 5.82 Å². The third-order valence-corrected chi connectivity index (χ3v) is 6.39. The summed E-state index contributed by atoms with van der Waals surface area (Å²) in [6.07, 6.45) is 4.61. The first kappa shape index (κ1) is 19.0. The van der Waals surface area contributed by atoms with Gasteiger partial charge >= 0.3 is 0 Å². The highest BCUT2D eigenvalue weighted by molar-refractivity contribution is 5.96. The molecule has 0 unspecified atom stereocenters. The van der Waals surface area contributed by atoms with Crippen molar-refractivity contribution >= 4 is 22.7 Å². The van der Waals surface area contributed by atoms with Crippen molar-refractivity contribution < 1.29 is 9.13 Å².